The first-order chi connectivity index (χ1) is 11.2. The van der Waals surface area contributed by atoms with Crippen molar-refractivity contribution in [1.82, 2.24) is 10.2 Å². The standard InChI is InChI=1S/C18H26N2O3.ClH/c1-19-13-15-5-4-12-20(15)18(22)7-3-6-17(21)14-8-10-16(23-2)11-9-14;/h8-11,15,19H,3-7,12-13H2,1-2H3;1H. The largest absolute Gasteiger partial charge is 0.497 e. The molecule has 1 aromatic rings. The number of ketones is 1. The molecule has 5 nitrogen and oxygen atoms in total. The zero-order valence-electron chi connectivity index (χ0n) is 14.4. The number of likely N-dealkylation sites (N-methyl/N-ethyl adjacent to an activating group) is 1. The van der Waals surface area contributed by atoms with Crippen LogP contribution < -0.4 is 10.1 Å². The Kier molecular flexibility index (Phi) is 8.79. The Morgan fingerprint density at radius 3 is 2.58 bits per heavy atom. The predicted octanol–water partition coefficient (Wildman–Crippen LogP) is 2.68. The lowest BCUT2D eigenvalue weighted by Crippen LogP contribution is -2.40. The van der Waals surface area contributed by atoms with Crippen LogP contribution in [-0.4, -0.2) is 49.9 Å². The van der Waals surface area contributed by atoms with Crippen LogP contribution in [0.2, 0.25) is 0 Å². The molecule has 1 saturated heterocycles. The van der Waals surface area contributed by atoms with Gasteiger partial charge in [-0.15, -0.1) is 12.4 Å². The van der Waals surface area contributed by atoms with Crippen molar-refractivity contribution in [3.8, 4) is 5.75 Å². The van der Waals surface area contributed by atoms with E-state index in [1.165, 1.54) is 0 Å². The van der Waals surface area contributed by atoms with E-state index in [-0.39, 0.29) is 24.1 Å². The molecule has 1 heterocycles. The number of hydrogen-bond acceptors (Lipinski definition) is 4. The van der Waals surface area contributed by atoms with Gasteiger partial charge in [-0.05, 0) is 50.6 Å². The summed E-state index contributed by atoms with van der Waals surface area (Å²) >= 11 is 0. The van der Waals surface area contributed by atoms with Gasteiger partial charge in [0.1, 0.15) is 5.75 Å². The van der Waals surface area contributed by atoms with Gasteiger partial charge in [0, 0.05) is 37.5 Å². The van der Waals surface area contributed by atoms with Gasteiger partial charge in [-0.25, -0.2) is 0 Å². The molecule has 0 spiro atoms. The van der Waals surface area contributed by atoms with Crippen LogP contribution in [0, 0.1) is 0 Å². The van der Waals surface area contributed by atoms with E-state index in [4.69, 9.17) is 4.74 Å². The van der Waals surface area contributed by atoms with Crippen LogP contribution in [-0.2, 0) is 4.79 Å². The maximum absolute atomic E-state index is 12.3. The topological polar surface area (TPSA) is 58.6 Å². The predicted molar refractivity (Wildman–Crippen MR) is 97.1 cm³/mol. The molecule has 2 rings (SSSR count). The molecular weight excluding hydrogens is 328 g/mol. The van der Waals surface area contributed by atoms with E-state index in [0.29, 0.717) is 30.9 Å². The van der Waals surface area contributed by atoms with Gasteiger partial charge in [0.05, 0.1) is 7.11 Å². The monoisotopic (exact) mass is 354 g/mol. The number of ether oxygens (including phenoxy) is 1. The molecule has 1 amide bonds. The average molecular weight is 355 g/mol. The highest BCUT2D eigenvalue weighted by atomic mass is 35.5. The molecule has 0 aliphatic carbocycles. The lowest BCUT2D eigenvalue weighted by molar-refractivity contribution is -0.132. The van der Waals surface area contributed by atoms with Gasteiger partial charge >= 0.3 is 0 Å². The molecular formula is C18H27ClN2O3. The van der Waals surface area contributed by atoms with Crippen molar-refractivity contribution in [1.29, 1.82) is 0 Å². The fourth-order valence-corrected chi connectivity index (χ4v) is 3.08. The van der Waals surface area contributed by atoms with E-state index < -0.39 is 0 Å². The normalized spacial score (nSPS) is 16.6. The summed E-state index contributed by atoms with van der Waals surface area (Å²) in [7, 11) is 3.51. The molecule has 1 atom stereocenters. The lowest BCUT2D eigenvalue weighted by Gasteiger charge is -2.24. The summed E-state index contributed by atoms with van der Waals surface area (Å²) in [5.41, 5.74) is 0.674. The van der Waals surface area contributed by atoms with Crippen LogP contribution in [0.5, 0.6) is 5.75 Å². The minimum atomic E-state index is 0. The summed E-state index contributed by atoms with van der Waals surface area (Å²) in [4.78, 5) is 26.4. The Morgan fingerprint density at radius 2 is 1.96 bits per heavy atom. The third kappa shape index (κ3) is 5.49. The van der Waals surface area contributed by atoms with Gasteiger partial charge in [0.25, 0.3) is 0 Å². The molecule has 0 bridgehead atoms. The smallest absolute Gasteiger partial charge is 0.222 e. The molecule has 1 unspecified atom stereocenters. The molecule has 1 aliphatic heterocycles. The quantitative estimate of drug-likeness (QED) is 0.729. The number of Topliss-reactive ketones (excluding diaryl/α,β-unsaturated/α-hetero) is 1. The number of hydrogen-bond donors (Lipinski definition) is 1. The van der Waals surface area contributed by atoms with E-state index in [1.54, 1.807) is 31.4 Å². The number of likely N-dealkylation sites (tertiary alicyclic amines) is 1. The maximum Gasteiger partial charge on any atom is 0.222 e. The zero-order valence-corrected chi connectivity index (χ0v) is 15.2. The third-order valence-corrected chi connectivity index (χ3v) is 4.34. The highest BCUT2D eigenvalue weighted by Crippen LogP contribution is 2.19. The summed E-state index contributed by atoms with van der Waals surface area (Å²) < 4.78 is 5.08. The molecule has 1 aromatic carbocycles. The van der Waals surface area contributed by atoms with Gasteiger partial charge < -0.3 is 15.0 Å². The fraction of sp³-hybridized carbons (Fsp3) is 0.556. The van der Waals surface area contributed by atoms with Crippen LogP contribution >= 0.6 is 12.4 Å². The number of carbonyl (C=O) groups is 2. The van der Waals surface area contributed by atoms with Crippen LogP contribution in [0.4, 0.5) is 0 Å². The van der Waals surface area contributed by atoms with E-state index >= 15 is 0 Å². The van der Waals surface area contributed by atoms with Crippen LogP contribution in [0.25, 0.3) is 0 Å². The van der Waals surface area contributed by atoms with Crippen molar-refractivity contribution in [3.05, 3.63) is 29.8 Å². The number of benzene rings is 1. The SMILES string of the molecule is CNCC1CCCN1C(=O)CCCC(=O)c1ccc(OC)cc1.Cl. The van der Waals surface area contributed by atoms with Gasteiger partial charge in [0.2, 0.25) is 5.91 Å². The first kappa shape index (κ1) is 20.5. The molecule has 1 aliphatic rings. The van der Waals surface area contributed by atoms with Crippen molar-refractivity contribution in [2.24, 2.45) is 0 Å². The Morgan fingerprint density at radius 1 is 1.25 bits per heavy atom. The van der Waals surface area contributed by atoms with Crippen LogP contribution in [0.3, 0.4) is 0 Å². The highest BCUT2D eigenvalue weighted by Gasteiger charge is 2.27. The lowest BCUT2D eigenvalue weighted by atomic mass is 10.0. The molecule has 1 N–H and O–H groups in total. The molecule has 1 fully saturated rings. The van der Waals surface area contributed by atoms with Gasteiger partial charge in [0.15, 0.2) is 5.78 Å². The van der Waals surface area contributed by atoms with Gasteiger partial charge in [-0.3, -0.25) is 9.59 Å². The second kappa shape index (κ2) is 10.3. The average Bonchev–Trinajstić information content (AvgIpc) is 3.03. The van der Waals surface area contributed by atoms with Crippen molar-refractivity contribution in [2.75, 3.05) is 27.2 Å². The minimum absolute atomic E-state index is 0. The first-order valence-corrected chi connectivity index (χ1v) is 8.27. The van der Waals surface area contributed by atoms with Gasteiger partial charge in [-0.1, -0.05) is 0 Å². The number of methoxy groups -OCH3 is 1. The molecule has 0 saturated carbocycles. The number of rotatable bonds is 8. The van der Waals surface area contributed by atoms with Crippen molar-refractivity contribution in [3.63, 3.8) is 0 Å². The number of amides is 1. The Labute approximate surface area is 150 Å². The second-order valence-corrected chi connectivity index (χ2v) is 5.95. The summed E-state index contributed by atoms with van der Waals surface area (Å²) in [5, 5.41) is 3.14. The Hall–Kier alpha value is -1.59. The molecule has 134 valence electrons. The summed E-state index contributed by atoms with van der Waals surface area (Å²) in [5.74, 6) is 0.986. The minimum Gasteiger partial charge on any atom is -0.497 e. The van der Waals surface area contributed by atoms with Crippen molar-refractivity contribution < 1.29 is 14.3 Å². The number of nitrogens with one attached hydrogen (secondary N) is 1. The van der Waals surface area contributed by atoms with Gasteiger partial charge in [-0.2, -0.15) is 0 Å². The first-order valence-electron chi connectivity index (χ1n) is 8.27. The van der Waals surface area contributed by atoms with Crippen LogP contribution in [0.15, 0.2) is 24.3 Å². The molecule has 6 heteroatoms. The third-order valence-electron chi connectivity index (χ3n) is 4.34. The fourth-order valence-electron chi connectivity index (χ4n) is 3.08. The van der Waals surface area contributed by atoms with E-state index in [1.807, 2.05) is 11.9 Å². The van der Waals surface area contributed by atoms with Crippen LogP contribution in [0.1, 0.15) is 42.5 Å². The van der Waals surface area contributed by atoms with E-state index in [0.717, 1.165) is 31.7 Å². The Balaban J connectivity index is 0.00000288. The summed E-state index contributed by atoms with van der Waals surface area (Å²) in [6, 6.07) is 7.42. The highest BCUT2D eigenvalue weighted by molar-refractivity contribution is 5.96. The van der Waals surface area contributed by atoms with E-state index in [9.17, 15) is 9.59 Å². The molecule has 0 aromatic heterocycles. The maximum atomic E-state index is 12.3. The molecule has 24 heavy (non-hydrogen) atoms. The Bertz CT molecular complexity index is 534. The van der Waals surface area contributed by atoms with Crippen molar-refractivity contribution >= 4 is 24.1 Å². The van der Waals surface area contributed by atoms with Crippen molar-refractivity contribution in [2.45, 2.75) is 38.1 Å². The molecule has 0 radical (unpaired) electrons. The number of halogens is 1. The second-order valence-electron chi connectivity index (χ2n) is 5.95. The summed E-state index contributed by atoms with van der Waals surface area (Å²) in [6.07, 6.45) is 3.59. The zero-order chi connectivity index (χ0) is 16.7. The number of carbonyl (C=O) groups excluding carboxylic acids is 2. The summed E-state index contributed by atoms with van der Waals surface area (Å²) in [6.45, 7) is 1.69. The number of nitrogens with zero attached hydrogens (tertiary/aromatic N) is 1. The van der Waals surface area contributed by atoms with E-state index in [2.05, 4.69) is 5.32 Å².